The van der Waals surface area contributed by atoms with Crippen LogP contribution in [0.5, 0.6) is 0 Å². The second-order valence-electron chi connectivity index (χ2n) is 4.97. The topological polar surface area (TPSA) is 72.2 Å². The van der Waals surface area contributed by atoms with Crippen LogP contribution < -0.4 is 10.5 Å². The molecule has 0 heterocycles. The van der Waals surface area contributed by atoms with Gasteiger partial charge in [-0.2, -0.15) is 0 Å². The molecule has 1 atom stereocenters. The molecule has 3 N–H and O–H groups in total. The molecule has 0 saturated heterocycles. The number of hydrogen-bond acceptors (Lipinski definition) is 3. The Morgan fingerprint density at radius 1 is 1.14 bits per heavy atom. The van der Waals surface area contributed by atoms with Gasteiger partial charge in [-0.1, -0.05) is 43.3 Å². The van der Waals surface area contributed by atoms with Gasteiger partial charge in [0.1, 0.15) is 0 Å². The number of nitrogens with two attached hydrogens (primary N) is 1. The van der Waals surface area contributed by atoms with Crippen LogP contribution in [0.3, 0.4) is 0 Å². The van der Waals surface area contributed by atoms with Gasteiger partial charge >= 0.3 is 0 Å². The zero-order chi connectivity index (χ0) is 15.5. The first-order valence-electron chi connectivity index (χ1n) is 6.89. The fourth-order valence-corrected chi connectivity index (χ4v) is 3.44. The van der Waals surface area contributed by atoms with Crippen LogP contribution >= 0.6 is 0 Å². The summed E-state index contributed by atoms with van der Waals surface area (Å²) in [6.07, 6.45) is 0.778. The maximum atomic E-state index is 12.4. The van der Waals surface area contributed by atoms with E-state index in [1.807, 2.05) is 44.2 Å². The van der Waals surface area contributed by atoms with Crippen molar-refractivity contribution < 1.29 is 8.42 Å². The average molecular weight is 304 g/mol. The predicted molar refractivity (Wildman–Crippen MR) is 85.4 cm³/mol. The van der Waals surface area contributed by atoms with Crippen molar-refractivity contribution in [1.82, 2.24) is 4.72 Å². The van der Waals surface area contributed by atoms with E-state index in [-0.39, 0.29) is 10.9 Å². The van der Waals surface area contributed by atoms with E-state index in [0.717, 1.165) is 17.5 Å². The van der Waals surface area contributed by atoms with Crippen LogP contribution in [0, 0.1) is 0 Å². The van der Waals surface area contributed by atoms with E-state index in [4.69, 9.17) is 5.73 Å². The van der Waals surface area contributed by atoms with Crippen molar-refractivity contribution in [2.75, 3.05) is 5.73 Å². The van der Waals surface area contributed by atoms with Crippen LogP contribution in [0.1, 0.15) is 31.0 Å². The largest absolute Gasteiger partial charge is 0.398 e. The SMILES string of the molecule is CCc1ccc(S(=O)(=O)N[C@H](C)c2ccccc2)cc1N. The van der Waals surface area contributed by atoms with Gasteiger partial charge in [-0.25, -0.2) is 13.1 Å². The van der Waals surface area contributed by atoms with Gasteiger partial charge in [0.05, 0.1) is 4.90 Å². The van der Waals surface area contributed by atoms with Crippen LogP contribution in [-0.4, -0.2) is 8.42 Å². The standard InChI is InChI=1S/C16H20N2O2S/c1-3-13-9-10-15(11-16(13)17)21(19,20)18-12(2)14-7-5-4-6-8-14/h4-12,18H,3,17H2,1-2H3/t12-/m1/s1. The van der Waals surface area contributed by atoms with Crippen molar-refractivity contribution in [2.24, 2.45) is 0 Å². The van der Waals surface area contributed by atoms with Crippen molar-refractivity contribution in [3.05, 3.63) is 59.7 Å². The molecule has 112 valence electrons. The maximum Gasteiger partial charge on any atom is 0.241 e. The summed E-state index contributed by atoms with van der Waals surface area (Å²) in [6.45, 7) is 3.80. The van der Waals surface area contributed by atoms with Gasteiger partial charge in [0.15, 0.2) is 0 Å². The number of sulfonamides is 1. The van der Waals surface area contributed by atoms with Crippen molar-refractivity contribution in [3.8, 4) is 0 Å². The van der Waals surface area contributed by atoms with Gasteiger partial charge < -0.3 is 5.73 Å². The molecular weight excluding hydrogens is 284 g/mol. The highest BCUT2D eigenvalue weighted by Gasteiger charge is 2.19. The smallest absolute Gasteiger partial charge is 0.241 e. The fraction of sp³-hybridized carbons (Fsp3) is 0.250. The Morgan fingerprint density at radius 3 is 2.38 bits per heavy atom. The van der Waals surface area contributed by atoms with E-state index < -0.39 is 10.0 Å². The van der Waals surface area contributed by atoms with E-state index in [2.05, 4.69) is 4.72 Å². The van der Waals surface area contributed by atoms with E-state index >= 15 is 0 Å². The second kappa shape index (κ2) is 6.28. The van der Waals surface area contributed by atoms with Crippen molar-refractivity contribution in [3.63, 3.8) is 0 Å². The number of rotatable bonds is 5. The van der Waals surface area contributed by atoms with E-state index in [1.165, 1.54) is 6.07 Å². The third-order valence-corrected chi connectivity index (χ3v) is 4.98. The minimum atomic E-state index is -3.59. The van der Waals surface area contributed by atoms with Crippen molar-refractivity contribution in [1.29, 1.82) is 0 Å². The monoisotopic (exact) mass is 304 g/mol. The summed E-state index contributed by atoms with van der Waals surface area (Å²) in [4.78, 5) is 0.194. The highest BCUT2D eigenvalue weighted by molar-refractivity contribution is 7.89. The minimum absolute atomic E-state index is 0.194. The molecule has 0 amide bonds. The van der Waals surface area contributed by atoms with Gasteiger partial charge in [0, 0.05) is 11.7 Å². The number of aryl methyl sites for hydroxylation is 1. The summed E-state index contributed by atoms with van der Waals surface area (Å²) in [5, 5.41) is 0. The third kappa shape index (κ3) is 3.62. The molecule has 0 bridgehead atoms. The normalized spacial score (nSPS) is 13.0. The zero-order valence-corrected chi connectivity index (χ0v) is 13.0. The Balaban J connectivity index is 2.24. The summed E-state index contributed by atoms with van der Waals surface area (Å²) in [6, 6.07) is 14.0. The molecule has 21 heavy (non-hydrogen) atoms. The molecule has 0 radical (unpaired) electrons. The van der Waals surface area contributed by atoms with Crippen LogP contribution in [-0.2, 0) is 16.4 Å². The molecule has 5 heteroatoms. The Hall–Kier alpha value is -1.85. The zero-order valence-electron chi connectivity index (χ0n) is 12.2. The number of benzene rings is 2. The van der Waals surface area contributed by atoms with Gasteiger partial charge in [-0.05, 0) is 36.6 Å². The molecule has 0 fully saturated rings. The maximum absolute atomic E-state index is 12.4. The summed E-state index contributed by atoms with van der Waals surface area (Å²) in [5.74, 6) is 0. The summed E-state index contributed by atoms with van der Waals surface area (Å²) >= 11 is 0. The number of nitrogens with one attached hydrogen (secondary N) is 1. The molecule has 0 aromatic heterocycles. The Bertz CT molecular complexity index is 712. The van der Waals surface area contributed by atoms with E-state index in [1.54, 1.807) is 12.1 Å². The third-order valence-electron chi connectivity index (χ3n) is 3.44. The molecule has 0 unspecified atom stereocenters. The number of nitrogen functional groups attached to an aromatic ring is 1. The second-order valence-corrected chi connectivity index (χ2v) is 6.68. The van der Waals surface area contributed by atoms with Gasteiger partial charge in [-0.15, -0.1) is 0 Å². The molecular formula is C16H20N2O2S. The first kappa shape index (κ1) is 15.5. The van der Waals surface area contributed by atoms with E-state index in [0.29, 0.717) is 5.69 Å². The quantitative estimate of drug-likeness (QED) is 0.834. The highest BCUT2D eigenvalue weighted by Crippen LogP contribution is 2.21. The molecule has 0 aliphatic rings. The Morgan fingerprint density at radius 2 is 1.81 bits per heavy atom. The number of hydrogen-bond donors (Lipinski definition) is 2. The number of anilines is 1. The molecule has 2 aromatic rings. The lowest BCUT2D eigenvalue weighted by atomic mass is 10.1. The van der Waals surface area contributed by atoms with Crippen LogP contribution in [0.4, 0.5) is 5.69 Å². The Labute approximate surface area is 126 Å². The van der Waals surface area contributed by atoms with Gasteiger partial charge in [-0.3, -0.25) is 0 Å². The Kier molecular flexibility index (Phi) is 4.65. The molecule has 0 aliphatic carbocycles. The van der Waals surface area contributed by atoms with Gasteiger partial charge in [0.2, 0.25) is 10.0 Å². The lowest BCUT2D eigenvalue weighted by molar-refractivity contribution is 0.567. The van der Waals surface area contributed by atoms with Gasteiger partial charge in [0.25, 0.3) is 0 Å². The molecule has 4 nitrogen and oxygen atoms in total. The fourth-order valence-electron chi connectivity index (χ4n) is 2.17. The summed E-state index contributed by atoms with van der Waals surface area (Å²) in [5.41, 5.74) is 8.25. The molecule has 0 saturated carbocycles. The van der Waals surface area contributed by atoms with Crippen molar-refractivity contribution in [2.45, 2.75) is 31.2 Å². The average Bonchev–Trinajstić information content (AvgIpc) is 2.47. The highest BCUT2D eigenvalue weighted by atomic mass is 32.2. The molecule has 2 aromatic carbocycles. The molecule has 0 aliphatic heterocycles. The van der Waals surface area contributed by atoms with Crippen LogP contribution in [0.25, 0.3) is 0 Å². The van der Waals surface area contributed by atoms with Crippen molar-refractivity contribution >= 4 is 15.7 Å². The lowest BCUT2D eigenvalue weighted by Crippen LogP contribution is -2.27. The molecule has 2 rings (SSSR count). The van der Waals surface area contributed by atoms with Crippen LogP contribution in [0.2, 0.25) is 0 Å². The molecule has 0 spiro atoms. The summed E-state index contributed by atoms with van der Waals surface area (Å²) < 4.78 is 27.5. The summed E-state index contributed by atoms with van der Waals surface area (Å²) in [7, 11) is -3.59. The minimum Gasteiger partial charge on any atom is -0.398 e. The first-order valence-corrected chi connectivity index (χ1v) is 8.38. The van der Waals surface area contributed by atoms with Crippen LogP contribution in [0.15, 0.2) is 53.4 Å². The van der Waals surface area contributed by atoms with E-state index in [9.17, 15) is 8.42 Å². The first-order chi connectivity index (χ1) is 9.94. The lowest BCUT2D eigenvalue weighted by Gasteiger charge is -2.15. The predicted octanol–water partition coefficient (Wildman–Crippen LogP) is 2.87.